The lowest BCUT2D eigenvalue weighted by Gasteiger charge is -2.13. The number of methoxy groups -OCH3 is 1. The van der Waals surface area contributed by atoms with Crippen LogP contribution in [0.25, 0.3) is 0 Å². The zero-order chi connectivity index (χ0) is 16.8. The molecule has 2 rings (SSSR count). The molecule has 0 saturated carbocycles. The Morgan fingerprint density at radius 1 is 1.35 bits per heavy atom. The van der Waals surface area contributed by atoms with E-state index in [0.717, 1.165) is 15.8 Å². The molecule has 0 aliphatic carbocycles. The average Bonchev–Trinajstić information content (AvgIpc) is 2.52. The van der Waals surface area contributed by atoms with Gasteiger partial charge >= 0.3 is 0 Å². The summed E-state index contributed by atoms with van der Waals surface area (Å²) in [6.45, 7) is 2.39. The molecule has 122 valence electrons. The van der Waals surface area contributed by atoms with Crippen molar-refractivity contribution in [2.45, 2.75) is 13.0 Å². The molecular weight excluding hydrogens is 380 g/mol. The van der Waals surface area contributed by atoms with Gasteiger partial charge in [0.2, 0.25) is 0 Å². The number of anilines is 1. The molecule has 0 radical (unpaired) electrons. The van der Waals surface area contributed by atoms with E-state index < -0.39 is 0 Å². The van der Waals surface area contributed by atoms with Gasteiger partial charge < -0.3 is 15.4 Å². The highest BCUT2D eigenvalue weighted by Gasteiger charge is 2.13. The molecule has 0 unspecified atom stereocenters. The second-order valence-electron chi connectivity index (χ2n) is 5.18. The molecule has 1 atom stereocenters. The maximum Gasteiger partial charge on any atom is 0.279 e. The maximum atomic E-state index is 12.0. The third kappa shape index (κ3) is 5.23. The molecular formula is C17H19BrClN2O2+. The first kappa shape index (κ1) is 17.8. The van der Waals surface area contributed by atoms with Gasteiger partial charge in [-0.25, -0.2) is 0 Å². The van der Waals surface area contributed by atoms with Crippen molar-refractivity contribution < 1.29 is 14.8 Å². The van der Waals surface area contributed by atoms with Crippen molar-refractivity contribution in [3.05, 3.63) is 57.5 Å². The summed E-state index contributed by atoms with van der Waals surface area (Å²) < 4.78 is 6.13. The van der Waals surface area contributed by atoms with Gasteiger partial charge in [-0.2, -0.15) is 0 Å². The van der Waals surface area contributed by atoms with E-state index in [1.54, 1.807) is 25.3 Å². The SMILES string of the molecule is COc1ccc([C@@H](C)[NH2+]CC(=O)Nc2cccc(Cl)c2)cc1Br. The van der Waals surface area contributed by atoms with Crippen LogP contribution in [-0.2, 0) is 4.79 Å². The lowest BCUT2D eigenvalue weighted by atomic mass is 10.1. The number of halogens is 2. The summed E-state index contributed by atoms with van der Waals surface area (Å²) in [5, 5.41) is 5.42. The lowest BCUT2D eigenvalue weighted by Crippen LogP contribution is -2.86. The fraction of sp³-hybridized carbons (Fsp3) is 0.235. The fourth-order valence-corrected chi connectivity index (χ4v) is 2.91. The van der Waals surface area contributed by atoms with Gasteiger partial charge in [0, 0.05) is 16.3 Å². The zero-order valence-electron chi connectivity index (χ0n) is 13.0. The smallest absolute Gasteiger partial charge is 0.279 e. The van der Waals surface area contributed by atoms with Crippen molar-refractivity contribution in [2.75, 3.05) is 19.0 Å². The van der Waals surface area contributed by atoms with E-state index >= 15 is 0 Å². The molecule has 0 fully saturated rings. The van der Waals surface area contributed by atoms with Crippen molar-refractivity contribution in [3.63, 3.8) is 0 Å². The van der Waals surface area contributed by atoms with Gasteiger partial charge in [0.1, 0.15) is 11.8 Å². The molecule has 23 heavy (non-hydrogen) atoms. The molecule has 1 amide bonds. The first-order chi connectivity index (χ1) is 11.0. The Balaban J connectivity index is 1.89. The summed E-state index contributed by atoms with van der Waals surface area (Å²) in [4.78, 5) is 12.0. The van der Waals surface area contributed by atoms with Crippen LogP contribution < -0.4 is 15.4 Å². The first-order valence-corrected chi connectivity index (χ1v) is 8.39. The van der Waals surface area contributed by atoms with E-state index in [2.05, 4.69) is 28.2 Å². The number of nitrogens with two attached hydrogens (primary N) is 1. The third-order valence-electron chi connectivity index (χ3n) is 3.47. The highest BCUT2D eigenvalue weighted by atomic mass is 79.9. The minimum absolute atomic E-state index is 0.0632. The van der Waals surface area contributed by atoms with Gasteiger partial charge in [-0.1, -0.05) is 17.7 Å². The van der Waals surface area contributed by atoms with E-state index in [-0.39, 0.29) is 11.9 Å². The second kappa shape index (κ2) is 8.34. The quantitative estimate of drug-likeness (QED) is 0.784. The zero-order valence-corrected chi connectivity index (χ0v) is 15.3. The number of carbonyl (C=O) groups is 1. The van der Waals surface area contributed by atoms with Crippen LogP contribution in [0.3, 0.4) is 0 Å². The molecule has 3 N–H and O–H groups in total. The van der Waals surface area contributed by atoms with Crippen LogP contribution in [0.5, 0.6) is 5.75 Å². The van der Waals surface area contributed by atoms with Gasteiger partial charge in [-0.3, -0.25) is 4.79 Å². The van der Waals surface area contributed by atoms with Crippen LogP contribution in [0.4, 0.5) is 5.69 Å². The minimum Gasteiger partial charge on any atom is -0.496 e. The van der Waals surface area contributed by atoms with Crippen molar-refractivity contribution in [3.8, 4) is 5.75 Å². The first-order valence-electron chi connectivity index (χ1n) is 7.22. The van der Waals surface area contributed by atoms with Gasteiger partial charge in [0.25, 0.3) is 5.91 Å². The molecule has 0 bridgehead atoms. The number of ether oxygens (including phenoxy) is 1. The summed E-state index contributed by atoms with van der Waals surface area (Å²) in [5.74, 6) is 0.728. The lowest BCUT2D eigenvalue weighted by molar-refractivity contribution is -0.682. The number of hydrogen-bond acceptors (Lipinski definition) is 2. The summed E-state index contributed by atoms with van der Waals surface area (Å²) in [6, 6.07) is 13.2. The number of amides is 1. The molecule has 2 aromatic rings. The number of nitrogens with one attached hydrogen (secondary N) is 1. The summed E-state index contributed by atoms with van der Waals surface area (Å²) >= 11 is 9.38. The minimum atomic E-state index is -0.0632. The Morgan fingerprint density at radius 3 is 2.78 bits per heavy atom. The summed E-state index contributed by atoms with van der Waals surface area (Å²) in [7, 11) is 1.63. The van der Waals surface area contributed by atoms with Crippen molar-refractivity contribution in [1.82, 2.24) is 0 Å². The van der Waals surface area contributed by atoms with Crippen molar-refractivity contribution in [2.24, 2.45) is 0 Å². The number of carbonyl (C=O) groups excluding carboxylic acids is 1. The number of rotatable bonds is 6. The van der Waals surface area contributed by atoms with Crippen LogP contribution in [0, 0.1) is 0 Å². The molecule has 4 nitrogen and oxygen atoms in total. The van der Waals surface area contributed by atoms with E-state index in [1.807, 2.05) is 29.6 Å². The van der Waals surface area contributed by atoms with E-state index in [4.69, 9.17) is 16.3 Å². The van der Waals surface area contributed by atoms with Crippen LogP contribution in [0.1, 0.15) is 18.5 Å². The fourth-order valence-electron chi connectivity index (χ4n) is 2.16. The van der Waals surface area contributed by atoms with E-state index in [0.29, 0.717) is 17.3 Å². The normalized spacial score (nSPS) is 11.8. The van der Waals surface area contributed by atoms with Crippen LogP contribution in [0.15, 0.2) is 46.9 Å². The van der Waals surface area contributed by atoms with Gasteiger partial charge in [0.15, 0.2) is 6.54 Å². The number of quaternary nitrogens is 1. The Labute approximate surface area is 149 Å². The summed E-state index contributed by atoms with van der Waals surface area (Å²) in [6.07, 6.45) is 0. The van der Waals surface area contributed by atoms with Crippen molar-refractivity contribution in [1.29, 1.82) is 0 Å². The van der Waals surface area contributed by atoms with E-state index in [9.17, 15) is 4.79 Å². The number of benzene rings is 2. The second-order valence-corrected chi connectivity index (χ2v) is 6.47. The standard InChI is InChI=1S/C17H18BrClN2O2/c1-11(12-6-7-16(23-2)15(18)8-12)20-10-17(22)21-14-5-3-4-13(19)9-14/h3-9,11,20H,10H2,1-2H3,(H,21,22)/p+1/t11-/m1/s1. The molecule has 0 aliphatic rings. The largest absolute Gasteiger partial charge is 0.496 e. The third-order valence-corrected chi connectivity index (χ3v) is 4.32. The monoisotopic (exact) mass is 397 g/mol. The van der Waals surface area contributed by atoms with Gasteiger partial charge in [-0.15, -0.1) is 0 Å². The Hall–Kier alpha value is -1.56. The maximum absolute atomic E-state index is 12.0. The van der Waals surface area contributed by atoms with Crippen LogP contribution in [-0.4, -0.2) is 19.6 Å². The Morgan fingerprint density at radius 2 is 2.13 bits per heavy atom. The molecule has 2 aromatic carbocycles. The van der Waals surface area contributed by atoms with Gasteiger partial charge in [0.05, 0.1) is 11.6 Å². The summed E-state index contributed by atoms with van der Waals surface area (Å²) in [5.41, 5.74) is 1.82. The topological polar surface area (TPSA) is 54.9 Å². The number of hydrogen-bond donors (Lipinski definition) is 2. The Kier molecular flexibility index (Phi) is 6.45. The van der Waals surface area contributed by atoms with Gasteiger partial charge in [-0.05, 0) is 59.3 Å². The predicted molar refractivity (Wildman–Crippen MR) is 96.0 cm³/mol. The average molecular weight is 399 g/mol. The highest BCUT2D eigenvalue weighted by molar-refractivity contribution is 9.10. The van der Waals surface area contributed by atoms with Crippen LogP contribution >= 0.6 is 27.5 Å². The predicted octanol–water partition coefficient (Wildman–Crippen LogP) is 3.37. The molecule has 0 aliphatic heterocycles. The highest BCUT2D eigenvalue weighted by Crippen LogP contribution is 2.27. The molecule has 6 heteroatoms. The molecule has 0 heterocycles. The van der Waals surface area contributed by atoms with E-state index in [1.165, 1.54) is 0 Å². The Bertz CT molecular complexity index is 694. The van der Waals surface area contributed by atoms with Crippen molar-refractivity contribution >= 4 is 39.1 Å². The molecule has 0 saturated heterocycles. The molecule has 0 spiro atoms. The van der Waals surface area contributed by atoms with Crippen LogP contribution in [0.2, 0.25) is 5.02 Å². The molecule has 0 aromatic heterocycles.